The highest BCUT2D eigenvalue weighted by molar-refractivity contribution is 7.13. The van der Waals surface area contributed by atoms with E-state index < -0.39 is 11.9 Å². The summed E-state index contributed by atoms with van der Waals surface area (Å²) in [6, 6.07) is 3.87. The summed E-state index contributed by atoms with van der Waals surface area (Å²) in [5.41, 5.74) is 1.16. The van der Waals surface area contributed by atoms with E-state index in [-0.39, 0.29) is 22.4 Å². The van der Waals surface area contributed by atoms with Gasteiger partial charge < -0.3 is 15.4 Å². The van der Waals surface area contributed by atoms with Crippen molar-refractivity contribution in [2.75, 3.05) is 31.6 Å². The third-order valence-electron chi connectivity index (χ3n) is 4.68. The van der Waals surface area contributed by atoms with Crippen molar-refractivity contribution in [2.24, 2.45) is 5.92 Å². The fourth-order valence-electron chi connectivity index (χ4n) is 3.04. The Kier molecular flexibility index (Phi) is 8.07. The predicted octanol–water partition coefficient (Wildman–Crippen LogP) is 3.68. The van der Waals surface area contributed by atoms with Crippen molar-refractivity contribution in [1.29, 1.82) is 0 Å². The number of ether oxygens (including phenoxy) is 1. The summed E-state index contributed by atoms with van der Waals surface area (Å²) in [6.45, 7) is 7.62. The number of nitrogens with zero attached hydrogens (tertiary/aromatic N) is 2. The Hall–Kier alpha value is -1.71. The van der Waals surface area contributed by atoms with E-state index in [2.05, 4.69) is 20.5 Å². The van der Waals surface area contributed by atoms with Gasteiger partial charge in [0.15, 0.2) is 5.13 Å². The minimum Gasteiger partial charge on any atom is -0.379 e. The third kappa shape index (κ3) is 6.15. The maximum Gasteiger partial charge on any atom is 0.253 e. The molecule has 10 heteroatoms. The monoisotopic (exact) mass is 470 g/mol. The normalized spacial score (nSPS) is 15.8. The molecule has 30 heavy (non-hydrogen) atoms. The molecule has 0 bridgehead atoms. The SMILES string of the molecule is CC(C)[C@@H](NC(=O)c1ccc(Cl)cc1Cl)C(=O)Nc1nc(CN2CCOCC2)cs1. The Labute approximate surface area is 189 Å². The molecule has 1 fully saturated rings. The van der Waals surface area contributed by atoms with Gasteiger partial charge in [-0.3, -0.25) is 14.5 Å². The number of morpholine rings is 1. The Bertz CT molecular complexity index is 900. The van der Waals surface area contributed by atoms with Gasteiger partial charge in [0.05, 0.1) is 29.5 Å². The lowest BCUT2D eigenvalue weighted by atomic mass is 10.0. The molecule has 7 nitrogen and oxygen atoms in total. The van der Waals surface area contributed by atoms with Gasteiger partial charge >= 0.3 is 0 Å². The molecule has 0 aliphatic carbocycles. The smallest absolute Gasteiger partial charge is 0.253 e. The molecule has 1 aliphatic rings. The van der Waals surface area contributed by atoms with Crippen molar-refractivity contribution in [2.45, 2.75) is 26.4 Å². The zero-order chi connectivity index (χ0) is 21.7. The lowest BCUT2D eigenvalue weighted by Gasteiger charge is -2.25. The summed E-state index contributed by atoms with van der Waals surface area (Å²) in [5.74, 6) is -0.888. The van der Waals surface area contributed by atoms with Gasteiger partial charge in [0.25, 0.3) is 5.91 Å². The van der Waals surface area contributed by atoms with Crippen LogP contribution in [0.1, 0.15) is 29.9 Å². The molecular weight excluding hydrogens is 447 g/mol. The van der Waals surface area contributed by atoms with Gasteiger partial charge in [-0.05, 0) is 24.1 Å². The second-order valence-electron chi connectivity index (χ2n) is 7.34. The standard InChI is InChI=1S/C20H24Cl2N4O3S/c1-12(2)17(24-18(27)15-4-3-13(21)9-16(15)22)19(28)25-20-23-14(11-30-20)10-26-5-7-29-8-6-26/h3-4,9,11-12,17H,5-8,10H2,1-2H3,(H,24,27)(H,23,25,28)/t17-/m1/s1. The number of aromatic nitrogens is 1. The number of carbonyl (C=O) groups excluding carboxylic acids is 2. The van der Waals surface area contributed by atoms with E-state index in [1.54, 1.807) is 6.07 Å². The van der Waals surface area contributed by atoms with Crippen LogP contribution in [0.15, 0.2) is 23.6 Å². The van der Waals surface area contributed by atoms with Gasteiger partial charge in [0.1, 0.15) is 6.04 Å². The first-order valence-corrected chi connectivity index (χ1v) is 11.3. The minimum absolute atomic E-state index is 0.132. The zero-order valence-electron chi connectivity index (χ0n) is 16.8. The topological polar surface area (TPSA) is 83.6 Å². The van der Waals surface area contributed by atoms with Crippen LogP contribution in [0.4, 0.5) is 5.13 Å². The van der Waals surface area contributed by atoms with E-state index in [1.807, 2.05) is 19.2 Å². The number of hydrogen-bond acceptors (Lipinski definition) is 6. The summed E-state index contributed by atoms with van der Waals surface area (Å²) >= 11 is 13.4. The van der Waals surface area contributed by atoms with E-state index in [4.69, 9.17) is 27.9 Å². The average molecular weight is 471 g/mol. The van der Waals surface area contributed by atoms with Crippen LogP contribution in [0.25, 0.3) is 0 Å². The largest absolute Gasteiger partial charge is 0.379 e. The van der Waals surface area contributed by atoms with Crippen LogP contribution in [0.3, 0.4) is 0 Å². The molecule has 2 heterocycles. The molecule has 3 rings (SSSR count). The molecule has 0 saturated carbocycles. The molecule has 1 atom stereocenters. The molecule has 1 aromatic carbocycles. The Morgan fingerprint density at radius 1 is 1.27 bits per heavy atom. The molecule has 2 amide bonds. The first-order valence-electron chi connectivity index (χ1n) is 9.64. The quantitative estimate of drug-likeness (QED) is 0.644. The van der Waals surface area contributed by atoms with Gasteiger partial charge in [-0.1, -0.05) is 37.0 Å². The number of rotatable bonds is 7. The minimum atomic E-state index is -0.740. The molecule has 1 aliphatic heterocycles. The molecule has 0 radical (unpaired) electrons. The highest BCUT2D eigenvalue weighted by atomic mass is 35.5. The lowest BCUT2D eigenvalue weighted by Crippen LogP contribution is -2.47. The van der Waals surface area contributed by atoms with Crippen molar-refractivity contribution in [3.05, 3.63) is 44.9 Å². The molecular formula is C20H24Cl2N4O3S. The van der Waals surface area contributed by atoms with Crippen molar-refractivity contribution in [1.82, 2.24) is 15.2 Å². The molecule has 162 valence electrons. The number of hydrogen-bond donors (Lipinski definition) is 2. The van der Waals surface area contributed by atoms with Gasteiger partial charge in [-0.15, -0.1) is 11.3 Å². The van der Waals surface area contributed by atoms with Crippen LogP contribution in [-0.4, -0.2) is 54.0 Å². The molecule has 2 N–H and O–H groups in total. The van der Waals surface area contributed by atoms with Crippen molar-refractivity contribution >= 4 is 51.5 Å². The van der Waals surface area contributed by atoms with Gasteiger partial charge in [0.2, 0.25) is 5.91 Å². The summed E-state index contributed by atoms with van der Waals surface area (Å²) in [4.78, 5) is 32.2. The lowest BCUT2D eigenvalue weighted by molar-refractivity contribution is -0.118. The summed E-state index contributed by atoms with van der Waals surface area (Å²) in [7, 11) is 0. The fraction of sp³-hybridized carbons (Fsp3) is 0.450. The van der Waals surface area contributed by atoms with Crippen LogP contribution in [-0.2, 0) is 16.1 Å². The number of thiazole rings is 1. The third-order valence-corrected chi connectivity index (χ3v) is 6.04. The molecule has 0 spiro atoms. The fourth-order valence-corrected chi connectivity index (χ4v) is 4.23. The van der Waals surface area contributed by atoms with Crippen LogP contribution in [0, 0.1) is 5.92 Å². The molecule has 1 aromatic heterocycles. The first-order chi connectivity index (χ1) is 14.3. The van der Waals surface area contributed by atoms with E-state index in [0.29, 0.717) is 10.2 Å². The van der Waals surface area contributed by atoms with E-state index in [1.165, 1.54) is 23.5 Å². The van der Waals surface area contributed by atoms with Crippen LogP contribution < -0.4 is 10.6 Å². The summed E-state index contributed by atoms with van der Waals surface area (Å²) < 4.78 is 5.35. The number of carbonyl (C=O) groups is 2. The van der Waals surface area contributed by atoms with Crippen LogP contribution in [0.5, 0.6) is 0 Å². The number of anilines is 1. The van der Waals surface area contributed by atoms with Crippen molar-refractivity contribution in [3.63, 3.8) is 0 Å². The summed E-state index contributed by atoms with van der Waals surface area (Å²) in [6.07, 6.45) is 0. The van der Waals surface area contributed by atoms with Gasteiger partial charge in [-0.2, -0.15) is 0 Å². The van der Waals surface area contributed by atoms with Crippen molar-refractivity contribution < 1.29 is 14.3 Å². The number of nitrogens with one attached hydrogen (secondary N) is 2. The molecule has 0 unspecified atom stereocenters. The Morgan fingerprint density at radius 2 is 2.00 bits per heavy atom. The Balaban J connectivity index is 1.62. The first kappa shape index (κ1) is 23.0. The second kappa shape index (κ2) is 10.5. The number of amides is 2. The van der Waals surface area contributed by atoms with Gasteiger partial charge in [-0.25, -0.2) is 4.98 Å². The second-order valence-corrected chi connectivity index (χ2v) is 9.04. The molecule has 2 aromatic rings. The molecule has 1 saturated heterocycles. The number of halogens is 2. The van der Waals surface area contributed by atoms with Crippen LogP contribution >= 0.6 is 34.5 Å². The Morgan fingerprint density at radius 3 is 2.67 bits per heavy atom. The van der Waals surface area contributed by atoms with Crippen LogP contribution in [0.2, 0.25) is 10.0 Å². The average Bonchev–Trinajstić information content (AvgIpc) is 3.13. The maximum absolute atomic E-state index is 12.8. The predicted molar refractivity (Wildman–Crippen MR) is 119 cm³/mol. The highest BCUT2D eigenvalue weighted by Crippen LogP contribution is 2.22. The van der Waals surface area contributed by atoms with Crippen molar-refractivity contribution in [3.8, 4) is 0 Å². The number of benzene rings is 1. The van der Waals surface area contributed by atoms with E-state index >= 15 is 0 Å². The highest BCUT2D eigenvalue weighted by Gasteiger charge is 2.26. The van der Waals surface area contributed by atoms with Gasteiger partial charge in [0, 0.05) is 30.0 Å². The zero-order valence-corrected chi connectivity index (χ0v) is 19.1. The van der Waals surface area contributed by atoms with E-state index in [0.717, 1.165) is 38.5 Å². The maximum atomic E-state index is 12.8. The summed E-state index contributed by atoms with van der Waals surface area (Å²) in [5, 5.41) is 8.69. The van der Waals surface area contributed by atoms with E-state index in [9.17, 15) is 9.59 Å².